The Morgan fingerprint density at radius 1 is 0.897 bits per heavy atom. The summed E-state index contributed by atoms with van der Waals surface area (Å²) in [6.45, 7) is -1.80. The first-order valence-corrected chi connectivity index (χ1v) is 9.14. The van der Waals surface area contributed by atoms with Crippen LogP contribution in [0.2, 0.25) is 0 Å². The third-order valence-electron chi connectivity index (χ3n) is 4.82. The number of rotatable bonds is 4. The van der Waals surface area contributed by atoms with E-state index in [9.17, 15) is 18.4 Å². The molecule has 0 spiro atoms. The minimum atomic E-state index is -3.01. The molecule has 0 radical (unpaired) electrons. The number of piperazine rings is 1. The third kappa shape index (κ3) is 3.91. The lowest BCUT2D eigenvalue weighted by molar-refractivity contribution is -0.0503. The van der Waals surface area contributed by atoms with Crippen molar-refractivity contribution in [2.75, 3.05) is 26.2 Å². The number of halogens is 2. The topological polar surface area (TPSA) is 63.0 Å². The molecular weight excluding hydrogens is 382 g/mol. The van der Waals surface area contributed by atoms with Crippen molar-refractivity contribution in [3.8, 4) is 5.75 Å². The van der Waals surface area contributed by atoms with Crippen LogP contribution in [0.3, 0.4) is 0 Å². The van der Waals surface area contributed by atoms with E-state index >= 15 is 0 Å². The van der Waals surface area contributed by atoms with Crippen molar-refractivity contribution in [1.29, 1.82) is 0 Å². The number of fused-ring (bicyclic) bond motifs is 1. The average Bonchev–Trinajstić information content (AvgIpc) is 3.17. The second-order valence-corrected chi connectivity index (χ2v) is 6.61. The van der Waals surface area contributed by atoms with Crippen molar-refractivity contribution >= 4 is 22.8 Å². The molecule has 0 atom stereocenters. The minimum Gasteiger partial charge on any atom is -0.451 e. The zero-order valence-electron chi connectivity index (χ0n) is 15.4. The molecule has 0 unspecified atom stereocenters. The lowest BCUT2D eigenvalue weighted by Crippen LogP contribution is -2.50. The van der Waals surface area contributed by atoms with E-state index in [0.717, 1.165) is 5.39 Å². The average molecular weight is 400 g/mol. The van der Waals surface area contributed by atoms with Gasteiger partial charge in [0.15, 0.2) is 5.76 Å². The summed E-state index contributed by atoms with van der Waals surface area (Å²) in [6.07, 6.45) is 0. The molecule has 0 saturated carbocycles. The molecular formula is C21H18F2N2O4. The lowest BCUT2D eigenvalue weighted by Gasteiger charge is -2.34. The largest absolute Gasteiger partial charge is 0.451 e. The van der Waals surface area contributed by atoms with Crippen LogP contribution >= 0.6 is 0 Å². The second kappa shape index (κ2) is 7.90. The van der Waals surface area contributed by atoms with Gasteiger partial charge in [-0.2, -0.15) is 8.78 Å². The summed E-state index contributed by atoms with van der Waals surface area (Å²) in [4.78, 5) is 28.6. The van der Waals surface area contributed by atoms with Gasteiger partial charge in [0.2, 0.25) is 0 Å². The number of benzene rings is 2. The van der Waals surface area contributed by atoms with Gasteiger partial charge in [-0.25, -0.2) is 0 Å². The number of ether oxygens (including phenoxy) is 1. The Balaban J connectivity index is 1.43. The fourth-order valence-electron chi connectivity index (χ4n) is 3.37. The molecule has 1 aromatic heterocycles. The fourth-order valence-corrected chi connectivity index (χ4v) is 3.37. The van der Waals surface area contributed by atoms with E-state index in [1.54, 1.807) is 23.1 Å². The Hall–Kier alpha value is -3.42. The van der Waals surface area contributed by atoms with Crippen molar-refractivity contribution in [3.05, 3.63) is 65.9 Å². The van der Waals surface area contributed by atoms with Crippen molar-refractivity contribution in [1.82, 2.24) is 9.80 Å². The summed E-state index contributed by atoms with van der Waals surface area (Å²) < 4.78 is 35.2. The molecule has 6 nitrogen and oxygen atoms in total. The first-order valence-electron chi connectivity index (χ1n) is 9.14. The van der Waals surface area contributed by atoms with Crippen LogP contribution in [-0.2, 0) is 0 Å². The smallest absolute Gasteiger partial charge is 0.387 e. The minimum absolute atomic E-state index is 0.0739. The third-order valence-corrected chi connectivity index (χ3v) is 4.82. The number of hydrogen-bond acceptors (Lipinski definition) is 4. The molecule has 4 rings (SSSR count). The molecule has 29 heavy (non-hydrogen) atoms. The van der Waals surface area contributed by atoms with Gasteiger partial charge in [0.25, 0.3) is 11.8 Å². The predicted molar refractivity (Wildman–Crippen MR) is 101 cm³/mol. The van der Waals surface area contributed by atoms with Crippen LogP contribution in [0.1, 0.15) is 20.9 Å². The Morgan fingerprint density at radius 2 is 1.52 bits per heavy atom. The molecule has 1 saturated heterocycles. The van der Waals surface area contributed by atoms with Gasteiger partial charge < -0.3 is 19.0 Å². The lowest BCUT2D eigenvalue weighted by atomic mass is 10.1. The van der Waals surface area contributed by atoms with Gasteiger partial charge in [-0.05, 0) is 24.3 Å². The molecule has 2 heterocycles. The van der Waals surface area contributed by atoms with Crippen LogP contribution in [0.15, 0.2) is 59.0 Å². The number of amides is 2. The number of furan rings is 1. The molecule has 8 heteroatoms. The highest BCUT2D eigenvalue weighted by Gasteiger charge is 2.28. The van der Waals surface area contributed by atoms with E-state index < -0.39 is 12.5 Å². The van der Waals surface area contributed by atoms with Gasteiger partial charge in [0.1, 0.15) is 11.3 Å². The van der Waals surface area contributed by atoms with E-state index in [1.807, 2.05) is 18.2 Å². The molecule has 2 aromatic carbocycles. The van der Waals surface area contributed by atoms with Gasteiger partial charge in [-0.3, -0.25) is 9.59 Å². The summed E-state index contributed by atoms with van der Waals surface area (Å²) in [5.74, 6) is -0.554. The Kier molecular flexibility index (Phi) is 5.16. The van der Waals surface area contributed by atoms with Gasteiger partial charge in [-0.1, -0.05) is 30.3 Å². The Morgan fingerprint density at radius 3 is 2.21 bits per heavy atom. The van der Waals surface area contributed by atoms with Gasteiger partial charge >= 0.3 is 6.61 Å². The SMILES string of the molecule is O=C(c1cc2ccccc2o1)N1CCN(C(=O)c2ccccc2OC(F)F)CC1. The van der Waals surface area contributed by atoms with E-state index in [4.69, 9.17) is 4.42 Å². The quantitative estimate of drug-likeness (QED) is 0.671. The number of carbonyl (C=O) groups is 2. The monoisotopic (exact) mass is 400 g/mol. The van der Waals surface area contributed by atoms with Crippen LogP contribution < -0.4 is 4.74 Å². The predicted octanol–water partition coefficient (Wildman–Crippen LogP) is 3.63. The van der Waals surface area contributed by atoms with E-state index in [1.165, 1.54) is 23.1 Å². The van der Waals surface area contributed by atoms with Crippen LogP contribution in [0.25, 0.3) is 11.0 Å². The number of carbonyl (C=O) groups excluding carboxylic acids is 2. The number of alkyl halides is 2. The summed E-state index contributed by atoms with van der Waals surface area (Å²) in [7, 11) is 0. The highest BCUT2D eigenvalue weighted by atomic mass is 19.3. The Labute approximate surface area is 165 Å². The molecule has 1 aliphatic heterocycles. The van der Waals surface area contributed by atoms with E-state index in [-0.39, 0.29) is 36.1 Å². The Bertz CT molecular complexity index is 1010. The highest BCUT2D eigenvalue weighted by molar-refractivity contribution is 5.98. The van der Waals surface area contributed by atoms with Gasteiger partial charge in [0, 0.05) is 31.6 Å². The maximum absolute atomic E-state index is 12.7. The highest BCUT2D eigenvalue weighted by Crippen LogP contribution is 2.24. The maximum atomic E-state index is 12.7. The molecule has 0 bridgehead atoms. The zero-order valence-corrected chi connectivity index (χ0v) is 15.4. The van der Waals surface area contributed by atoms with Gasteiger partial charge in [0.05, 0.1) is 5.56 Å². The molecule has 150 valence electrons. The van der Waals surface area contributed by atoms with Crippen LogP contribution in [0, 0.1) is 0 Å². The number of hydrogen-bond donors (Lipinski definition) is 0. The van der Waals surface area contributed by atoms with Crippen molar-refractivity contribution in [3.63, 3.8) is 0 Å². The molecule has 0 aliphatic carbocycles. The summed E-state index contributed by atoms with van der Waals surface area (Å²) >= 11 is 0. The van der Waals surface area contributed by atoms with Crippen LogP contribution in [0.4, 0.5) is 8.78 Å². The summed E-state index contributed by atoms with van der Waals surface area (Å²) in [5.41, 5.74) is 0.713. The molecule has 3 aromatic rings. The molecule has 1 aliphatic rings. The normalized spacial score (nSPS) is 14.4. The standard InChI is InChI=1S/C21H18F2N2O4/c22-21(23)29-17-8-4-2-6-15(17)19(26)24-9-11-25(12-10-24)20(27)18-13-14-5-1-3-7-16(14)28-18/h1-8,13,21H,9-12H2. The van der Waals surface area contributed by atoms with E-state index in [0.29, 0.717) is 18.7 Å². The maximum Gasteiger partial charge on any atom is 0.387 e. The molecule has 0 N–H and O–H groups in total. The molecule has 2 amide bonds. The number of para-hydroxylation sites is 2. The molecule has 1 fully saturated rings. The summed E-state index contributed by atoms with van der Waals surface area (Å²) in [5, 5.41) is 0.848. The number of nitrogens with zero attached hydrogens (tertiary/aromatic N) is 2. The second-order valence-electron chi connectivity index (χ2n) is 6.61. The van der Waals surface area contributed by atoms with Crippen LogP contribution in [-0.4, -0.2) is 54.4 Å². The fraction of sp³-hybridized carbons (Fsp3) is 0.238. The summed E-state index contributed by atoms with van der Waals surface area (Å²) in [6, 6.07) is 15.0. The van der Waals surface area contributed by atoms with E-state index in [2.05, 4.69) is 4.74 Å². The van der Waals surface area contributed by atoms with Crippen LogP contribution in [0.5, 0.6) is 5.75 Å². The zero-order chi connectivity index (χ0) is 20.4. The first kappa shape index (κ1) is 18.9. The first-order chi connectivity index (χ1) is 14.0. The van der Waals surface area contributed by atoms with Crippen molar-refractivity contribution in [2.45, 2.75) is 6.61 Å². The van der Waals surface area contributed by atoms with Crippen molar-refractivity contribution in [2.24, 2.45) is 0 Å². The van der Waals surface area contributed by atoms with Crippen molar-refractivity contribution < 1.29 is 27.5 Å². The van der Waals surface area contributed by atoms with Gasteiger partial charge in [-0.15, -0.1) is 0 Å².